The topological polar surface area (TPSA) is 70.5 Å². The van der Waals surface area contributed by atoms with Gasteiger partial charge in [0.05, 0.1) is 0 Å². The monoisotopic (exact) mass is 280 g/mol. The Bertz CT molecular complexity index is 557. The van der Waals surface area contributed by atoms with Crippen LogP contribution in [0, 0.1) is 5.82 Å². The van der Waals surface area contributed by atoms with Gasteiger partial charge in [0.15, 0.2) is 5.76 Å². The van der Waals surface area contributed by atoms with E-state index in [1.807, 2.05) is 0 Å². The highest BCUT2D eigenvalue weighted by molar-refractivity contribution is 5.34. The Morgan fingerprint density at radius 3 is 2.90 bits per heavy atom. The van der Waals surface area contributed by atoms with Crippen molar-refractivity contribution >= 4 is 0 Å². The second kappa shape index (κ2) is 7.02. The number of rotatable bonds is 7. The zero-order valence-corrected chi connectivity index (χ0v) is 11.3. The van der Waals surface area contributed by atoms with Crippen LogP contribution < -0.4 is 10.5 Å². The summed E-state index contributed by atoms with van der Waals surface area (Å²) in [5, 5.41) is 3.86. The van der Waals surface area contributed by atoms with E-state index in [0.717, 1.165) is 5.56 Å². The van der Waals surface area contributed by atoms with Gasteiger partial charge in [-0.3, -0.25) is 0 Å². The molecule has 0 bridgehead atoms. The third-order valence-electron chi connectivity index (χ3n) is 2.71. The summed E-state index contributed by atoms with van der Waals surface area (Å²) in [5.74, 6) is 0.935. The summed E-state index contributed by atoms with van der Waals surface area (Å²) in [4.78, 5) is 0. The lowest BCUT2D eigenvalue weighted by molar-refractivity contribution is 0.155. The van der Waals surface area contributed by atoms with Crippen molar-refractivity contribution in [3.05, 3.63) is 47.1 Å². The second-order valence-electron chi connectivity index (χ2n) is 4.30. The molecule has 0 radical (unpaired) electrons. The number of methoxy groups -OCH3 is 1. The van der Waals surface area contributed by atoms with Gasteiger partial charge in [0.25, 0.3) is 0 Å². The van der Waals surface area contributed by atoms with Gasteiger partial charge in [0.1, 0.15) is 30.5 Å². The summed E-state index contributed by atoms with van der Waals surface area (Å²) >= 11 is 0. The minimum atomic E-state index is -0.301. The van der Waals surface area contributed by atoms with Gasteiger partial charge < -0.3 is 19.7 Å². The van der Waals surface area contributed by atoms with Crippen LogP contribution in [0.4, 0.5) is 4.39 Å². The molecule has 2 rings (SSSR count). The highest BCUT2D eigenvalue weighted by atomic mass is 19.1. The average Bonchev–Trinajstić information content (AvgIpc) is 2.86. The van der Waals surface area contributed by atoms with Crippen molar-refractivity contribution in [2.75, 3.05) is 13.7 Å². The molecule has 1 heterocycles. The lowest BCUT2D eigenvalue weighted by Gasteiger charge is -2.09. The second-order valence-corrected chi connectivity index (χ2v) is 4.30. The molecule has 5 nitrogen and oxygen atoms in total. The van der Waals surface area contributed by atoms with Crippen LogP contribution in [-0.2, 0) is 24.4 Å². The molecule has 0 amide bonds. The molecule has 1 aromatic carbocycles. The molecule has 0 aliphatic rings. The lowest BCUT2D eigenvalue weighted by Crippen LogP contribution is -2.06. The predicted octanol–water partition coefficient (Wildman–Crippen LogP) is 2.04. The number of aromatic nitrogens is 1. The summed E-state index contributed by atoms with van der Waals surface area (Å²) in [7, 11) is 1.58. The van der Waals surface area contributed by atoms with Crippen LogP contribution >= 0.6 is 0 Å². The molecule has 6 heteroatoms. The van der Waals surface area contributed by atoms with Crippen molar-refractivity contribution < 1.29 is 18.4 Å². The lowest BCUT2D eigenvalue weighted by atomic mass is 10.1. The van der Waals surface area contributed by atoms with Gasteiger partial charge in [-0.15, -0.1) is 0 Å². The van der Waals surface area contributed by atoms with Crippen molar-refractivity contribution in [3.63, 3.8) is 0 Å². The summed E-state index contributed by atoms with van der Waals surface area (Å²) in [6.45, 7) is 1.04. The van der Waals surface area contributed by atoms with Crippen LogP contribution in [-0.4, -0.2) is 18.8 Å². The standard InChI is InChI=1S/C14H17FN2O3/c1-18-9-13-7-12(17-20-13)8-19-14-3-2-11(15)6-10(14)4-5-16/h2-3,6-7H,4-5,8-9,16H2,1H3. The van der Waals surface area contributed by atoms with Gasteiger partial charge in [-0.05, 0) is 36.7 Å². The number of hydrogen-bond acceptors (Lipinski definition) is 5. The maximum atomic E-state index is 13.2. The van der Waals surface area contributed by atoms with Gasteiger partial charge in [-0.1, -0.05) is 5.16 Å². The molecule has 0 aliphatic heterocycles. The molecule has 20 heavy (non-hydrogen) atoms. The molecule has 0 saturated carbocycles. The molecule has 0 atom stereocenters. The zero-order valence-electron chi connectivity index (χ0n) is 11.3. The van der Waals surface area contributed by atoms with E-state index in [4.69, 9.17) is 19.7 Å². The summed E-state index contributed by atoms with van der Waals surface area (Å²) < 4.78 is 28.8. The normalized spacial score (nSPS) is 10.8. The quantitative estimate of drug-likeness (QED) is 0.840. The number of halogens is 1. The summed E-state index contributed by atoms with van der Waals surface area (Å²) in [5.41, 5.74) is 6.90. The summed E-state index contributed by atoms with van der Waals surface area (Å²) in [6.07, 6.45) is 0.556. The van der Waals surface area contributed by atoms with E-state index in [0.29, 0.717) is 36.8 Å². The largest absolute Gasteiger partial charge is 0.487 e. The Labute approximate surface area is 116 Å². The first-order chi connectivity index (χ1) is 9.72. The third kappa shape index (κ3) is 3.79. The maximum Gasteiger partial charge on any atom is 0.162 e. The average molecular weight is 280 g/mol. The first kappa shape index (κ1) is 14.5. The molecule has 0 unspecified atom stereocenters. The predicted molar refractivity (Wildman–Crippen MR) is 70.7 cm³/mol. The number of hydrogen-bond donors (Lipinski definition) is 1. The van der Waals surface area contributed by atoms with Gasteiger partial charge in [0, 0.05) is 13.2 Å². The van der Waals surface area contributed by atoms with Crippen LogP contribution in [0.3, 0.4) is 0 Å². The Morgan fingerprint density at radius 1 is 1.30 bits per heavy atom. The molecule has 108 valence electrons. The minimum absolute atomic E-state index is 0.246. The molecule has 0 spiro atoms. The molecule has 2 N–H and O–H groups in total. The van der Waals surface area contributed by atoms with Crippen molar-refractivity contribution in [1.82, 2.24) is 5.16 Å². The molecular formula is C14H17FN2O3. The van der Waals surface area contributed by atoms with E-state index >= 15 is 0 Å². The smallest absolute Gasteiger partial charge is 0.162 e. The number of benzene rings is 1. The number of nitrogens with two attached hydrogens (primary N) is 1. The fourth-order valence-electron chi connectivity index (χ4n) is 1.83. The number of nitrogens with zero attached hydrogens (tertiary/aromatic N) is 1. The van der Waals surface area contributed by atoms with Gasteiger partial charge in [0.2, 0.25) is 0 Å². The molecule has 0 saturated heterocycles. The fraction of sp³-hybridized carbons (Fsp3) is 0.357. The fourth-order valence-corrected chi connectivity index (χ4v) is 1.83. The first-order valence-corrected chi connectivity index (χ1v) is 6.27. The van der Waals surface area contributed by atoms with E-state index in [1.54, 1.807) is 19.2 Å². The van der Waals surface area contributed by atoms with Crippen LogP contribution in [0.15, 0.2) is 28.8 Å². The van der Waals surface area contributed by atoms with Crippen LogP contribution in [0.1, 0.15) is 17.0 Å². The Hall–Kier alpha value is -1.92. The Balaban J connectivity index is 2.02. The van der Waals surface area contributed by atoms with Crippen molar-refractivity contribution in [3.8, 4) is 5.75 Å². The molecule has 1 aromatic heterocycles. The highest BCUT2D eigenvalue weighted by Gasteiger charge is 2.08. The van der Waals surface area contributed by atoms with Crippen LogP contribution in [0.5, 0.6) is 5.75 Å². The number of ether oxygens (including phenoxy) is 2. The van der Waals surface area contributed by atoms with E-state index in [-0.39, 0.29) is 12.4 Å². The summed E-state index contributed by atoms with van der Waals surface area (Å²) in [6, 6.07) is 6.14. The molecule has 2 aromatic rings. The first-order valence-electron chi connectivity index (χ1n) is 6.27. The van der Waals surface area contributed by atoms with E-state index in [2.05, 4.69) is 5.16 Å². The molecule has 0 aliphatic carbocycles. The zero-order chi connectivity index (χ0) is 14.4. The van der Waals surface area contributed by atoms with Gasteiger partial charge in [-0.2, -0.15) is 0 Å². The van der Waals surface area contributed by atoms with Crippen molar-refractivity contribution in [1.29, 1.82) is 0 Å². The van der Waals surface area contributed by atoms with E-state index < -0.39 is 0 Å². The van der Waals surface area contributed by atoms with Crippen LogP contribution in [0.25, 0.3) is 0 Å². The van der Waals surface area contributed by atoms with Crippen molar-refractivity contribution in [2.24, 2.45) is 5.73 Å². The minimum Gasteiger partial charge on any atom is -0.487 e. The van der Waals surface area contributed by atoms with Gasteiger partial charge >= 0.3 is 0 Å². The Kier molecular flexibility index (Phi) is 5.09. The van der Waals surface area contributed by atoms with Crippen molar-refractivity contribution in [2.45, 2.75) is 19.6 Å². The van der Waals surface area contributed by atoms with E-state index in [1.165, 1.54) is 12.1 Å². The molecule has 0 fully saturated rings. The maximum absolute atomic E-state index is 13.2. The third-order valence-corrected chi connectivity index (χ3v) is 2.71. The molecular weight excluding hydrogens is 263 g/mol. The van der Waals surface area contributed by atoms with Crippen LogP contribution in [0.2, 0.25) is 0 Å². The van der Waals surface area contributed by atoms with E-state index in [9.17, 15) is 4.39 Å². The highest BCUT2D eigenvalue weighted by Crippen LogP contribution is 2.21. The van der Waals surface area contributed by atoms with Gasteiger partial charge in [-0.25, -0.2) is 4.39 Å². The SMILES string of the molecule is COCc1cc(COc2ccc(F)cc2CCN)no1. The Morgan fingerprint density at radius 2 is 2.15 bits per heavy atom.